The largest absolute Gasteiger partial charge is 0.228 e. The fraction of sp³-hybridized carbons (Fsp3) is 0.250. The first kappa shape index (κ1) is 11.8. The minimum Gasteiger partial charge on any atom is -0.228 e. The van der Waals surface area contributed by atoms with Gasteiger partial charge in [-0.05, 0) is 19.1 Å². The average Bonchev–Trinajstić information content (AvgIpc) is 2.01. The monoisotopic (exact) mass is 253 g/mol. The molecule has 1 unspecified atom stereocenters. The molecule has 3 nitrogen and oxygen atoms in total. The maximum absolute atomic E-state index is 11.1. The van der Waals surface area contributed by atoms with Crippen molar-refractivity contribution in [2.75, 3.05) is 0 Å². The number of primary sulfonamides is 1. The molecule has 0 aliphatic heterocycles. The molecule has 0 aliphatic rings. The third-order valence-corrected chi connectivity index (χ3v) is 3.78. The summed E-state index contributed by atoms with van der Waals surface area (Å²) in [6.07, 6.45) is 0. The predicted molar refractivity (Wildman–Crippen MR) is 58.0 cm³/mol. The fourth-order valence-corrected chi connectivity index (χ4v) is 2.50. The molecule has 0 saturated carbocycles. The summed E-state index contributed by atoms with van der Waals surface area (Å²) in [5.74, 6) is 0. The number of sulfonamides is 1. The highest BCUT2D eigenvalue weighted by atomic mass is 35.5. The smallest absolute Gasteiger partial charge is 0.215 e. The van der Waals surface area contributed by atoms with E-state index in [1.807, 2.05) is 0 Å². The quantitative estimate of drug-likeness (QED) is 0.880. The lowest BCUT2D eigenvalue weighted by Crippen LogP contribution is -2.19. The molecule has 1 aromatic rings. The molecule has 0 spiro atoms. The number of nitrogens with two attached hydrogens (primary N) is 1. The summed E-state index contributed by atoms with van der Waals surface area (Å²) in [6, 6.07) is 4.79. The van der Waals surface area contributed by atoms with E-state index in [4.69, 9.17) is 28.3 Å². The molecule has 2 N–H and O–H groups in total. The van der Waals surface area contributed by atoms with E-state index in [0.717, 1.165) is 0 Å². The number of halogens is 2. The van der Waals surface area contributed by atoms with Gasteiger partial charge in [0.05, 0.1) is 0 Å². The maximum atomic E-state index is 11.1. The normalized spacial score (nSPS) is 14.0. The van der Waals surface area contributed by atoms with E-state index in [1.165, 1.54) is 6.92 Å². The zero-order chi connectivity index (χ0) is 10.9. The predicted octanol–water partition coefficient (Wildman–Crippen LogP) is 2.34. The molecule has 6 heteroatoms. The topological polar surface area (TPSA) is 60.2 Å². The molecule has 0 radical (unpaired) electrons. The highest BCUT2D eigenvalue weighted by Gasteiger charge is 2.22. The minimum atomic E-state index is -3.67. The molecular formula is C8H9Cl2NO2S. The molecule has 0 aromatic heterocycles. The molecule has 0 heterocycles. The maximum Gasteiger partial charge on any atom is 0.215 e. The second-order valence-corrected chi connectivity index (χ2v) is 5.57. The lowest BCUT2D eigenvalue weighted by Gasteiger charge is -2.12. The van der Waals surface area contributed by atoms with Gasteiger partial charge in [0.25, 0.3) is 0 Å². The molecular weight excluding hydrogens is 245 g/mol. The van der Waals surface area contributed by atoms with Crippen LogP contribution in [0, 0.1) is 0 Å². The SMILES string of the molecule is CC(c1c(Cl)cccc1Cl)S(N)(=O)=O. The zero-order valence-electron chi connectivity index (χ0n) is 7.37. The number of hydrogen-bond donors (Lipinski definition) is 1. The van der Waals surface area contributed by atoms with Crippen LogP contribution in [0.1, 0.15) is 17.7 Å². The van der Waals surface area contributed by atoms with Crippen LogP contribution in [0.4, 0.5) is 0 Å². The molecule has 14 heavy (non-hydrogen) atoms. The first-order chi connectivity index (χ1) is 6.34. The zero-order valence-corrected chi connectivity index (χ0v) is 9.70. The van der Waals surface area contributed by atoms with E-state index < -0.39 is 15.3 Å². The Morgan fingerprint density at radius 3 is 2.07 bits per heavy atom. The van der Waals surface area contributed by atoms with Crippen molar-refractivity contribution in [2.45, 2.75) is 12.2 Å². The van der Waals surface area contributed by atoms with E-state index in [-0.39, 0.29) is 0 Å². The van der Waals surface area contributed by atoms with E-state index in [0.29, 0.717) is 15.6 Å². The Hall–Kier alpha value is -0.290. The summed E-state index contributed by atoms with van der Waals surface area (Å²) in [5, 5.41) is 4.71. The van der Waals surface area contributed by atoms with Gasteiger partial charge in [-0.2, -0.15) is 0 Å². The Bertz CT molecular complexity index is 424. The van der Waals surface area contributed by atoms with Gasteiger partial charge in [0.15, 0.2) is 0 Å². The van der Waals surface area contributed by atoms with Crippen molar-refractivity contribution in [1.29, 1.82) is 0 Å². The van der Waals surface area contributed by atoms with Crippen LogP contribution < -0.4 is 5.14 Å². The molecule has 78 valence electrons. The van der Waals surface area contributed by atoms with Crippen LogP contribution in [-0.2, 0) is 10.0 Å². The number of hydrogen-bond acceptors (Lipinski definition) is 2. The van der Waals surface area contributed by atoms with Crippen molar-refractivity contribution in [3.05, 3.63) is 33.8 Å². The van der Waals surface area contributed by atoms with Gasteiger partial charge in [0, 0.05) is 15.6 Å². The van der Waals surface area contributed by atoms with Crippen LogP contribution in [0.2, 0.25) is 10.0 Å². The van der Waals surface area contributed by atoms with Gasteiger partial charge >= 0.3 is 0 Å². The lowest BCUT2D eigenvalue weighted by atomic mass is 10.2. The van der Waals surface area contributed by atoms with Crippen molar-refractivity contribution in [3.63, 3.8) is 0 Å². The van der Waals surface area contributed by atoms with E-state index in [2.05, 4.69) is 0 Å². The number of rotatable bonds is 2. The van der Waals surface area contributed by atoms with Gasteiger partial charge < -0.3 is 0 Å². The van der Waals surface area contributed by atoms with Gasteiger partial charge in [-0.25, -0.2) is 13.6 Å². The van der Waals surface area contributed by atoms with Crippen molar-refractivity contribution in [2.24, 2.45) is 5.14 Å². The van der Waals surface area contributed by atoms with Crippen LogP contribution in [0.15, 0.2) is 18.2 Å². The summed E-state index contributed by atoms with van der Waals surface area (Å²) in [4.78, 5) is 0. The first-order valence-corrected chi connectivity index (χ1v) is 6.16. The Morgan fingerprint density at radius 1 is 1.29 bits per heavy atom. The highest BCUT2D eigenvalue weighted by molar-refractivity contribution is 7.89. The van der Waals surface area contributed by atoms with Crippen LogP contribution >= 0.6 is 23.2 Å². The van der Waals surface area contributed by atoms with Crippen LogP contribution in [0.25, 0.3) is 0 Å². The molecule has 1 atom stereocenters. The molecule has 0 saturated heterocycles. The van der Waals surface area contributed by atoms with Gasteiger partial charge in [-0.3, -0.25) is 0 Å². The van der Waals surface area contributed by atoms with Crippen molar-refractivity contribution >= 4 is 33.2 Å². The standard InChI is InChI=1S/C8H9Cl2NO2S/c1-5(14(11,12)13)8-6(9)3-2-4-7(8)10/h2-5H,1H3,(H2,11,12,13). The second kappa shape index (κ2) is 4.06. The Morgan fingerprint density at radius 2 is 1.71 bits per heavy atom. The van der Waals surface area contributed by atoms with E-state index >= 15 is 0 Å². The molecule has 1 aromatic carbocycles. The van der Waals surface area contributed by atoms with Gasteiger partial charge in [0.2, 0.25) is 10.0 Å². The summed E-state index contributed by atoms with van der Waals surface area (Å²) in [5.41, 5.74) is 0.346. The molecule has 0 amide bonds. The third kappa shape index (κ3) is 2.39. The minimum absolute atomic E-state index is 0.305. The second-order valence-electron chi connectivity index (χ2n) is 2.87. The summed E-state index contributed by atoms with van der Waals surface area (Å²) in [6.45, 7) is 1.45. The third-order valence-electron chi connectivity index (χ3n) is 1.90. The summed E-state index contributed by atoms with van der Waals surface area (Å²) in [7, 11) is -3.67. The molecule has 0 bridgehead atoms. The van der Waals surface area contributed by atoms with Crippen molar-refractivity contribution in [3.8, 4) is 0 Å². The Labute approximate surface area is 92.9 Å². The van der Waals surface area contributed by atoms with Crippen LogP contribution in [-0.4, -0.2) is 8.42 Å². The van der Waals surface area contributed by atoms with Gasteiger partial charge in [0.1, 0.15) is 5.25 Å². The molecule has 1 rings (SSSR count). The Balaban J connectivity index is 3.33. The van der Waals surface area contributed by atoms with Crippen LogP contribution in [0.5, 0.6) is 0 Å². The number of benzene rings is 1. The van der Waals surface area contributed by atoms with Crippen molar-refractivity contribution < 1.29 is 8.42 Å². The van der Waals surface area contributed by atoms with Crippen molar-refractivity contribution in [1.82, 2.24) is 0 Å². The van der Waals surface area contributed by atoms with Gasteiger partial charge in [-0.15, -0.1) is 0 Å². The first-order valence-electron chi connectivity index (χ1n) is 3.79. The summed E-state index contributed by atoms with van der Waals surface area (Å²) >= 11 is 11.7. The average molecular weight is 254 g/mol. The fourth-order valence-electron chi connectivity index (χ4n) is 1.06. The highest BCUT2D eigenvalue weighted by Crippen LogP contribution is 2.33. The Kier molecular flexibility index (Phi) is 3.42. The van der Waals surface area contributed by atoms with Crippen LogP contribution in [0.3, 0.4) is 0 Å². The summed E-state index contributed by atoms with van der Waals surface area (Å²) < 4.78 is 22.2. The molecule has 0 fully saturated rings. The van der Waals surface area contributed by atoms with Gasteiger partial charge in [-0.1, -0.05) is 29.3 Å². The van der Waals surface area contributed by atoms with E-state index in [1.54, 1.807) is 18.2 Å². The lowest BCUT2D eigenvalue weighted by molar-refractivity contribution is 0.588. The molecule has 0 aliphatic carbocycles. The van der Waals surface area contributed by atoms with E-state index in [9.17, 15) is 8.42 Å².